The normalized spacial score (nSPS) is 27.2. The van der Waals surface area contributed by atoms with Crippen LogP contribution >= 0.6 is 27.5 Å². The molecule has 1 heterocycles. The van der Waals surface area contributed by atoms with Crippen LogP contribution < -0.4 is 4.90 Å². The Kier molecular flexibility index (Phi) is 4.38. The summed E-state index contributed by atoms with van der Waals surface area (Å²) in [5, 5.41) is 1.72. The summed E-state index contributed by atoms with van der Waals surface area (Å²) in [5.41, 5.74) is 2.70. The number of hydrogen-bond donors (Lipinski definition) is 0. The number of fused-ring (bicyclic) bond motifs is 1. The number of hydrogen-bond acceptors (Lipinski definition) is 1. The molecule has 0 spiro atoms. The van der Waals surface area contributed by atoms with Crippen LogP contribution in [0.2, 0.25) is 5.02 Å². The SMILES string of the molecule is Clc1ccc(N2CCC3CCCCC3C2)c(CBr)c1. The standard InChI is InChI=1S/C16H21BrClN/c17-10-14-9-15(18)5-6-16(14)19-8-7-12-3-1-2-4-13(12)11-19/h5-6,9,12-13H,1-4,7-8,10-11H2. The van der Waals surface area contributed by atoms with E-state index in [-0.39, 0.29) is 0 Å². The minimum absolute atomic E-state index is 0.839. The van der Waals surface area contributed by atoms with Crippen LogP contribution in [0.3, 0.4) is 0 Å². The monoisotopic (exact) mass is 341 g/mol. The summed E-state index contributed by atoms with van der Waals surface area (Å²) in [6.45, 7) is 2.45. The molecule has 1 nitrogen and oxygen atoms in total. The van der Waals surface area contributed by atoms with Crippen molar-refractivity contribution in [3.05, 3.63) is 28.8 Å². The van der Waals surface area contributed by atoms with Crippen LogP contribution in [-0.4, -0.2) is 13.1 Å². The van der Waals surface area contributed by atoms with Crippen LogP contribution in [0, 0.1) is 11.8 Å². The van der Waals surface area contributed by atoms with E-state index in [9.17, 15) is 0 Å². The fourth-order valence-electron chi connectivity index (χ4n) is 3.79. The average molecular weight is 343 g/mol. The van der Waals surface area contributed by atoms with Gasteiger partial charge in [-0.05, 0) is 48.4 Å². The molecule has 0 bridgehead atoms. The van der Waals surface area contributed by atoms with Crippen LogP contribution in [0.25, 0.3) is 0 Å². The van der Waals surface area contributed by atoms with E-state index in [0.29, 0.717) is 0 Å². The summed E-state index contributed by atoms with van der Waals surface area (Å²) in [6, 6.07) is 6.32. The molecule has 2 fully saturated rings. The number of alkyl halides is 1. The molecule has 1 aliphatic heterocycles. The van der Waals surface area contributed by atoms with Crippen molar-refractivity contribution in [2.24, 2.45) is 11.8 Å². The van der Waals surface area contributed by atoms with Gasteiger partial charge in [-0.2, -0.15) is 0 Å². The van der Waals surface area contributed by atoms with E-state index < -0.39 is 0 Å². The minimum atomic E-state index is 0.839. The molecule has 1 aliphatic carbocycles. The highest BCUT2D eigenvalue weighted by molar-refractivity contribution is 9.08. The Hall–Kier alpha value is -0.210. The molecule has 1 aromatic carbocycles. The number of benzene rings is 1. The molecular formula is C16H21BrClN. The highest BCUT2D eigenvalue weighted by Crippen LogP contribution is 2.38. The predicted octanol–water partition coefficient (Wildman–Crippen LogP) is 5.25. The van der Waals surface area contributed by atoms with Gasteiger partial charge < -0.3 is 4.90 Å². The number of halogens is 2. The van der Waals surface area contributed by atoms with E-state index in [1.54, 1.807) is 0 Å². The Morgan fingerprint density at radius 3 is 2.74 bits per heavy atom. The lowest BCUT2D eigenvalue weighted by Crippen LogP contribution is -2.42. The Morgan fingerprint density at radius 1 is 1.16 bits per heavy atom. The first kappa shape index (κ1) is 13.8. The van der Waals surface area contributed by atoms with Gasteiger partial charge in [0, 0.05) is 29.1 Å². The van der Waals surface area contributed by atoms with Crippen LogP contribution in [0.5, 0.6) is 0 Å². The molecule has 1 aromatic rings. The third-order valence-electron chi connectivity index (χ3n) is 4.82. The molecule has 1 saturated carbocycles. The Bertz CT molecular complexity index is 448. The average Bonchev–Trinajstić information content (AvgIpc) is 2.46. The molecule has 2 atom stereocenters. The van der Waals surface area contributed by atoms with Gasteiger partial charge in [-0.1, -0.05) is 46.8 Å². The lowest BCUT2D eigenvalue weighted by atomic mass is 9.75. The minimum Gasteiger partial charge on any atom is -0.371 e. The number of nitrogens with zero attached hydrogens (tertiary/aromatic N) is 1. The first-order chi connectivity index (χ1) is 9.28. The molecule has 0 radical (unpaired) electrons. The second kappa shape index (κ2) is 6.05. The Balaban J connectivity index is 1.79. The van der Waals surface area contributed by atoms with Crippen molar-refractivity contribution in [1.29, 1.82) is 0 Å². The molecule has 19 heavy (non-hydrogen) atoms. The largest absolute Gasteiger partial charge is 0.371 e. The van der Waals surface area contributed by atoms with Crippen molar-refractivity contribution in [2.75, 3.05) is 18.0 Å². The van der Waals surface area contributed by atoms with E-state index in [1.807, 2.05) is 6.07 Å². The van der Waals surface area contributed by atoms with Gasteiger partial charge in [0.05, 0.1) is 0 Å². The van der Waals surface area contributed by atoms with E-state index in [2.05, 4.69) is 33.0 Å². The highest BCUT2D eigenvalue weighted by atomic mass is 79.9. The third-order valence-corrected chi connectivity index (χ3v) is 5.66. The maximum absolute atomic E-state index is 6.11. The summed E-state index contributed by atoms with van der Waals surface area (Å²) in [5.74, 6) is 1.91. The summed E-state index contributed by atoms with van der Waals surface area (Å²) in [4.78, 5) is 2.58. The zero-order chi connectivity index (χ0) is 13.2. The van der Waals surface area contributed by atoms with Crippen molar-refractivity contribution >= 4 is 33.2 Å². The van der Waals surface area contributed by atoms with Crippen LogP contribution in [-0.2, 0) is 5.33 Å². The highest BCUT2D eigenvalue weighted by Gasteiger charge is 2.31. The smallest absolute Gasteiger partial charge is 0.0410 e. The molecule has 3 rings (SSSR count). The van der Waals surface area contributed by atoms with Crippen molar-refractivity contribution in [1.82, 2.24) is 0 Å². The van der Waals surface area contributed by atoms with Gasteiger partial charge in [-0.15, -0.1) is 0 Å². The second-order valence-corrected chi connectivity index (χ2v) is 6.94. The summed E-state index contributed by atoms with van der Waals surface area (Å²) in [7, 11) is 0. The molecule has 0 aromatic heterocycles. The Labute approximate surface area is 129 Å². The zero-order valence-corrected chi connectivity index (χ0v) is 13.6. The van der Waals surface area contributed by atoms with Crippen molar-refractivity contribution in [2.45, 2.75) is 37.4 Å². The summed E-state index contributed by atoms with van der Waals surface area (Å²) < 4.78 is 0. The van der Waals surface area contributed by atoms with Gasteiger partial charge in [-0.3, -0.25) is 0 Å². The molecule has 2 aliphatic rings. The summed E-state index contributed by atoms with van der Waals surface area (Å²) in [6.07, 6.45) is 7.15. The first-order valence-electron chi connectivity index (χ1n) is 7.37. The van der Waals surface area contributed by atoms with E-state index in [1.165, 1.54) is 56.4 Å². The topological polar surface area (TPSA) is 3.24 Å². The molecule has 0 amide bonds. The van der Waals surface area contributed by atoms with Crippen LogP contribution in [0.4, 0.5) is 5.69 Å². The Morgan fingerprint density at radius 2 is 1.95 bits per heavy atom. The fraction of sp³-hybridized carbons (Fsp3) is 0.625. The second-order valence-electron chi connectivity index (χ2n) is 5.95. The fourth-order valence-corrected chi connectivity index (χ4v) is 4.43. The maximum Gasteiger partial charge on any atom is 0.0410 e. The molecule has 3 heteroatoms. The molecule has 1 saturated heterocycles. The third kappa shape index (κ3) is 2.95. The van der Waals surface area contributed by atoms with Gasteiger partial charge in [0.2, 0.25) is 0 Å². The quantitative estimate of drug-likeness (QED) is 0.663. The number of anilines is 1. The molecule has 104 valence electrons. The van der Waals surface area contributed by atoms with Gasteiger partial charge in [-0.25, -0.2) is 0 Å². The zero-order valence-electron chi connectivity index (χ0n) is 11.2. The lowest BCUT2D eigenvalue weighted by Gasteiger charge is -2.42. The van der Waals surface area contributed by atoms with Gasteiger partial charge in [0.15, 0.2) is 0 Å². The molecule has 0 N–H and O–H groups in total. The van der Waals surface area contributed by atoms with Crippen molar-refractivity contribution in [3.63, 3.8) is 0 Å². The summed E-state index contributed by atoms with van der Waals surface area (Å²) >= 11 is 9.70. The van der Waals surface area contributed by atoms with Gasteiger partial charge >= 0.3 is 0 Å². The first-order valence-corrected chi connectivity index (χ1v) is 8.87. The number of piperidine rings is 1. The predicted molar refractivity (Wildman–Crippen MR) is 86.4 cm³/mol. The van der Waals surface area contributed by atoms with E-state index >= 15 is 0 Å². The van der Waals surface area contributed by atoms with Gasteiger partial charge in [0.25, 0.3) is 0 Å². The molecular weight excluding hydrogens is 322 g/mol. The van der Waals surface area contributed by atoms with E-state index in [0.717, 1.165) is 22.2 Å². The van der Waals surface area contributed by atoms with Gasteiger partial charge in [0.1, 0.15) is 0 Å². The van der Waals surface area contributed by atoms with Crippen molar-refractivity contribution < 1.29 is 0 Å². The van der Waals surface area contributed by atoms with Crippen LogP contribution in [0.1, 0.15) is 37.7 Å². The number of rotatable bonds is 2. The van der Waals surface area contributed by atoms with E-state index in [4.69, 9.17) is 11.6 Å². The maximum atomic E-state index is 6.11. The lowest BCUT2D eigenvalue weighted by molar-refractivity contribution is 0.202. The van der Waals surface area contributed by atoms with Crippen LogP contribution in [0.15, 0.2) is 18.2 Å². The molecule has 2 unspecified atom stereocenters. The van der Waals surface area contributed by atoms with Crippen molar-refractivity contribution in [3.8, 4) is 0 Å².